The number of anilines is 1. The zero-order valence-electron chi connectivity index (χ0n) is 16.8. The Morgan fingerprint density at radius 2 is 2.03 bits per heavy atom. The molecule has 1 amide bonds. The molecule has 0 spiro atoms. The molecule has 0 saturated carbocycles. The van der Waals surface area contributed by atoms with Crippen molar-refractivity contribution in [3.63, 3.8) is 0 Å². The van der Waals surface area contributed by atoms with Crippen LogP contribution in [0.15, 0.2) is 36.5 Å². The molecule has 0 aliphatic carbocycles. The third kappa shape index (κ3) is 5.34. The molecule has 1 aromatic heterocycles. The molecule has 3 rings (SSSR count). The molecule has 30 heavy (non-hydrogen) atoms. The molecule has 6 nitrogen and oxygen atoms in total. The number of alkyl halides is 3. The van der Waals surface area contributed by atoms with Crippen LogP contribution in [0.5, 0.6) is 11.5 Å². The second kappa shape index (κ2) is 9.23. The number of carbonyl (C=O) groups excluding carboxylic acids is 1. The predicted molar refractivity (Wildman–Crippen MR) is 106 cm³/mol. The average molecular weight is 423 g/mol. The number of carbonyl (C=O) groups is 1. The van der Waals surface area contributed by atoms with Crippen LogP contribution in [0.25, 0.3) is 0 Å². The SMILES string of the molecule is COc1ccc(CCC(=O)NC2CCN(c3ccc(C(F)(F)F)cn3)C2)c(OC)c1. The van der Waals surface area contributed by atoms with E-state index in [1.807, 2.05) is 17.0 Å². The van der Waals surface area contributed by atoms with Crippen LogP contribution in [0.2, 0.25) is 0 Å². The van der Waals surface area contributed by atoms with Gasteiger partial charge < -0.3 is 19.7 Å². The van der Waals surface area contributed by atoms with Gasteiger partial charge in [0.25, 0.3) is 0 Å². The molecular weight excluding hydrogens is 399 g/mol. The number of hydrogen-bond acceptors (Lipinski definition) is 5. The van der Waals surface area contributed by atoms with Crippen LogP contribution in [0.1, 0.15) is 24.0 Å². The summed E-state index contributed by atoms with van der Waals surface area (Å²) < 4.78 is 48.5. The number of methoxy groups -OCH3 is 2. The molecule has 162 valence electrons. The van der Waals surface area contributed by atoms with Crippen molar-refractivity contribution in [1.29, 1.82) is 0 Å². The summed E-state index contributed by atoms with van der Waals surface area (Å²) in [5.41, 5.74) is 0.139. The molecule has 1 aliphatic heterocycles. The Labute approximate surface area is 173 Å². The smallest absolute Gasteiger partial charge is 0.417 e. The van der Waals surface area contributed by atoms with Crippen molar-refractivity contribution < 1.29 is 27.4 Å². The lowest BCUT2D eigenvalue weighted by molar-refractivity contribution is -0.137. The van der Waals surface area contributed by atoms with Crippen molar-refractivity contribution in [3.8, 4) is 11.5 Å². The predicted octanol–water partition coefficient (Wildman–Crippen LogP) is 3.45. The Bertz CT molecular complexity index is 872. The van der Waals surface area contributed by atoms with Crippen LogP contribution in [-0.2, 0) is 17.4 Å². The normalized spacial score (nSPS) is 16.4. The third-order valence-electron chi connectivity index (χ3n) is 5.07. The van der Waals surface area contributed by atoms with E-state index in [-0.39, 0.29) is 11.9 Å². The minimum atomic E-state index is -4.40. The number of rotatable bonds is 7. The van der Waals surface area contributed by atoms with Crippen molar-refractivity contribution in [2.45, 2.75) is 31.5 Å². The summed E-state index contributed by atoms with van der Waals surface area (Å²) in [4.78, 5) is 18.1. The molecule has 9 heteroatoms. The highest BCUT2D eigenvalue weighted by Crippen LogP contribution is 2.30. The third-order valence-corrected chi connectivity index (χ3v) is 5.07. The van der Waals surface area contributed by atoms with Crippen molar-refractivity contribution in [3.05, 3.63) is 47.7 Å². The first-order chi connectivity index (χ1) is 14.3. The molecular formula is C21H24F3N3O3. The summed E-state index contributed by atoms with van der Waals surface area (Å²) in [5, 5.41) is 2.99. The number of aromatic nitrogens is 1. The van der Waals surface area contributed by atoms with Gasteiger partial charge in [0.2, 0.25) is 5.91 Å². The number of nitrogens with one attached hydrogen (secondary N) is 1. The summed E-state index contributed by atoms with van der Waals surface area (Å²) in [6.07, 6.45) is -2.03. The first kappa shape index (κ1) is 21.7. The van der Waals surface area contributed by atoms with Gasteiger partial charge in [-0.25, -0.2) is 4.98 Å². The van der Waals surface area contributed by atoms with Gasteiger partial charge in [-0.2, -0.15) is 13.2 Å². The molecule has 0 radical (unpaired) electrons. The summed E-state index contributed by atoms with van der Waals surface area (Å²) in [7, 11) is 3.15. The van der Waals surface area contributed by atoms with E-state index in [4.69, 9.17) is 9.47 Å². The number of pyridine rings is 1. The fraction of sp³-hybridized carbons (Fsp3) is 0.429. The van der Waals surface area contributed by atoms with Gasteiger partial charge in [0.15, 0.2) is 0 Å². The number of benzene rings is 1. The molecule has 1 N–H and O–H groups in total. The van der Waals surface area contributed by atoms with Gasteiger partial charge in [0.1, 0.15) is 17.3 Å². The highest BCUT2D eigenvalue weighted by atomic mass is 19.4. The van der Waals surface area contributed by atoms with Crippen LogP contribution in [0.4, 0.5) is 19.0 Å². The number of nitrogens with zero attached hydrogens (tertiary/aromatic N) is 2. The molecule has 0 bridgehead atoms. The average Bonchev–Trinajstić information content (AvgIpc) is 3.20. The second-order valence-corrected chi connectivity index (χ2v) is 7.08. The van der Waals surface area contributed by atoms with Gasteiger partial charge in [-0.15, -0.1) is 0 Å². The fourth-order valence-electron chi connectivity index (χ4n) is 3.43. The number of amides is 1. The van der Waals surface area contributed by atoms with Crippen LogP contribution < -0.4 is 19.7 Å². The van der Waals surface area contributed by atoms with E-state index in [9.17, 15) is 18.0 Å². The molecule has 1 unspecified atom stereocenters. The standard InChI is InChI=1S/C21H24F3N3O3/c1-29-17-6-3-14(18(11-17)30-2)4-8-20(28)26-16-9-10-27(13-16)19-7-5-15(12-25-19)21(22,23)24/h3,5-7,11-12,16H,4,8-10,13H2,1-2H3,(H,26,28). The van der Waals surface area contributed by atoms with Gasteiger partial charge in [0, 0.05) is 37.8 Å². The van der Waals surface area contributed by atoms with Crippen LogP contribution >= 0.6 is 0 Å². The number of ether oxygens (including phenoxy) is 2. The van der Waals surface area contributed by atoms with E-state index in [0.29, 0.717) is 49.7 Å². The molecule has 2 heterocycles. The van der Waals surface area contributed by atoms with E-state index in [1.165, 1.54) is 6.07 Å². The van der Waals surface area contributed by atoms with E-state index in [1.54, 1.807) is 20.3 Å². The Balaban J connectivity index is 1.50. The van der Waals surface area contributed by atoms with Gasteiger partial charge in [-0.05, 0) is 36.6 Å². The summed E-state index contributed by atoms with van der Waals surface area (Å²) in [5.74, 6) is 1.74. The minimum absolute atomic E-state index is 0.0700. The first-order valence-electron chi connectivity index (χ1n) is 9.58. The summed E-state index contributed by atoms with van der Waals surface area (Å²) in [6.45, 7) is 1.13. The van der Waals surface area contributed by atoms with E-state index < -0.39 is 11.7 Å². The molecule has 1 fully saturated rings. The van der Waals surface area contributed by atoms with Crippen LogP contribution in [-0.4, -0.2) is 44.2 Å². The van der Waals surface area contributed by atoms with E-state index >= 15 is 0 Å². The highest BCUT2D eigenvalue weighted by Gasteiger charge is 2.31. The molecule has 2 aromatic rings. The van der Waals surface area contributed by atoms with Crippen LogP contribution in [0.3, 0.4) is 0 Å². The Kier molecular flexibility index (Phi) is 6.69. The quantitative estimate of drug-likeness (QED) is 0.739. The first-order valence-corrected chi connectivity index (χ1v) is 9.58. The Morgan fingerprint density at radius 1 is 1.23 bits per heavy atom. The van der Waals surface area contributed by atoms with Crippen molar-refractivity contribution in [1.82, 2.24) is 10.3 Å². The number of hydrogen-bond donors (Lipinski definition) is 1. The number of halogens is 3. The van der Waals surface area contributed by atoms with E-state index in [0.717, 1.165) is 17.8 Å². The molecule has 1 atom stereocenters. The van der Waals surface area contributed by atoms with Gasteiger partial charge in [-0.3, -0.25) is 4.79 Å². The van der Waals surface area contributed by atoms with E-state index in [2.05, 4.69) is 10.3 Å². The minimum Gasteiger partial charge on any atom is -0.497 e. The summed E-state index contributed by atoms with van der Waals surface area (Å²) in [6, 6.07) is 7.79. The molecule has 1 saturated heterocycles. The zero-order valence-corrected chi connectivity index (χ0v) is 16.8. The lowest BCUT2D eigenvalue weighted by atomic mass is 10.1. The maximum absolute atomic E-state index is 12.7. The van der Waals surface area contributed by atoms with Crippen molar-refractivity contribution in [2.75, 3.05) is 32.2 Å². The lowest BCUT2D eigenvalue weighted by Crippen LogP contribution is -2.37. The molecule has 1 aromatic carbocycles. The van der Waals surface area contributed by atoms with Crippen molar-refractivity contribution in [2.24, 2.45) is 0 Å². The zero-order chi connectivity index (χ0) is 21.7. The second-order valence-electron chi connectivity index (χ2n) is 7.08. The highest BCUT2D eigenvalue weighted by molar-refractivity contribution is 5.76. The maximum Gasteiger partial charge on any atom is 0.417 e. The van der Waals surface area contributed by atoms with Gasteiger partial charge >= 0.3 is 6.18 Å². The fourth-order valence-corrected chi connectivity index (χ4v) is 3.43. The summed E-state index contributed by atoms with van der Waals surface area (Å²) >= 11 is 0. The van der Waals surface area contributed by atoms with Crippen molar-refractivity contribution >= 4 is 11.7 Å². The maximum atomic E-state index is 12.7. The van der Waals surface area contributed by atoms with Gasteiger partial charge in [-0.1, -0.05) is 6.07 Å². The molecule has 1 aliphatic rings. The lowest BCUT2D eigenvalue weighted by Gasteiger charge is -2.18. The largest absolute Gasteiger partial charge is 0.497 e. The Hall–Kier alpha value is -2.97. The van der Waals surface area contributed by atoms with Crippen LogP contribution in [0, 0.1) is 0 Å². The monoisotopic (exact) mass is 423 g/mol. The number of aryl methyl sites for hydroxylation is 1. The van der Waals surface area contributed by atoms with Gasteiger partial charge in [0.05, 0.1) is 19.8 Å². The topological polar surface area (TPSA) is 63.7 Å². The Morgan fingerprint density at radius 3 is 2.67 bits per heavy atom.